The van der Waals surface area contributed by atoms with Crippen LogP contribution in [0.1, 0.15) is 5.56 Å². The van der Waals surface area contributed by atoms with Crippen LogP contribution in [0.15, 0.2) is 158 Å². The lowest BCUT2D eigenvalue weighted by atomic mass is 10.1. The largest absolute Gasteiger partial charge is 0.356 e. The van der Waals surface area contributed by atoms with E-state index in [1.165, 1.54) is 27.4 Å². The fraction of sp³-hybridized carbons (Fsp3) is 0.0270. The second-order valence-corrected chi connectivity index (χ2v) is 10.0. The standard InChI is InChI=1S/C37H29N3/c1-27-11-3-2-4-12-28-13-5-8-16-35(28)39(27)31-23-19-29(20-24-31)38-30-21-25-32(26-22-30)40-36-17-9-6-14-33(36)34-15-7-10-18-37(34)40/h2-11,13-26,38H,1,12H2/b4-2-,11-3-. The Morgan fingerprint density at radius 2 is 1.15 bits per heavy atom. The van der Waals surface area contributed by atoms with Crippen LogP contribution in [-0.4, -0.2) is 4.57 Å². The second-order valence-electron chi connectivity index (χ2n) is 10.0. The van der Waals surface area contributed by atoms with Gasteiger partial charge in [0.2, 0.25) is 0 Å². The lowest BCUT2D eigenvalue weighted by Crippen LogP contribution is -2.15. The maximum absolute atomic E-state index is 4.36. The Bertz CT molecular complexity index is 1850. The molecule has 1 aliphatic heterocycles. The van der Waals surface area contributed by atoms with Gasteiger partial charge in [-0.05, 0) is 84.8 Å². The van der Waals surface area contributed by atoms with Crippen molar-refractivity contribution in [3.05, 3.63) is 163 Å². The quantitative estimate of drug-likeness (QED) is 0.252. The van der Waals surface area contributed by atoms with Crippen molar-refractivity contribution < 1.29 is 0 Å². The molecule has 0 unspecified atom stereocenters. The zero-order valence-electron chi connectivity index (χ0n) is 22.2. The third-order valence-corrected chi connectivity index (χ3v) is 7.51. The van der Waals surface area contributed by atoms with Gasteiger partial charge in [-0.15, -0.1) is 0 Å². The van der Waals surface area contributed by atoms with Crippen molar-refractivity contribution in [2.24, 2.45) is 0 Å². The van der Waals surface area contributed by atoms with Gasteiger partial charge in [-0.25, -0.2) is 0 Å². The van der Waals surface area contributed by atoms with Crippen LogP contribution < -0.4 is 10.2 Å². The first-order valence-electron chi connectivity index (χ1n) is 13.6. The minimum Gasteiger partial charge on any atom is -0.356 e. The Morgan fingerprint density at radius 3 is 1.82 bits per heavy atom. The van der Waals surface area contributed by atoms with Gasteiger partial charge in [-0.3, -0.25) is 0 Å². The third kappa shape index (κ3) is 4.28. The first kappa shape index (κ1) is 23.8. The number of anilines is 4. The van der Waals surface area contributed by atoms with Crippen LogP contribution >= 0.6 is 0 Å². The van der Waals surface area contributed by atoms with E-state index in [1.54, 1.807) is 0 Å². The van der Waals surface area contributed by atoms with Crippen molar-refractivity contribution in [3.8, 4) is 5.69 Å². The molecule has 3 heteroatoms. The molecule has 40 heavy (non-hydrogen) atoms. The molecule has 0 saturated heterocycles. The average molecular weight is 516 g/mol. The number of nitrogens with one attached hydrogen (secondary N) is 1. The molecule has 3 nitrogen and oxygen atoms in total. The summed E-state index contributed by atoms with van der Waals surface area (Å²) in [5.74, 6) is 0. The minimum atomic E-state index is 0.883. The van der Waals surface area contributed by atoms with Crippen LogP contribution in [0.3, 0.4) is 0 Å². The van der Waals surface area contributed by atoms with Crippen LogP contribution in [0.2, 0.25) is 0 Å². The normalized spacial score (nSPS) is 14.8. The maximum atomic E-state index is 4.36. The number of aromatic nitrogens is 1. The van der Waals surface area contributed by atoms with E-state index < -0.39 is 0 Å². The number of para-hydroxylation sites is 3. The van der Waals surface area contributed by atoms with Crippen LogP contribution in [0.4, 0.5) is 22.7 Å². The van der Waals surface area contributed by atoms with Crippen LogP contribution in [0.5, 0.6) is 0 Å². The van der Waals surface area contributed by atoms with Crippen molar-refractivity contribution >= 4 is 44.6 Å². The molecule has 1 aliphatic rings. The molecule has 192 valence electrons. The highest BCUT2D eigenvalue weighted by atomic mass is 15.1. The molecule has 0 spiro atoms. The number of fused-ring (bicyclic) bond motifs is 4. The number of hydrogen-bond donors (Lipinski definition) is 1. The summed E-state index contributed by atoms with van der Waals surface area (Å²) >= 11 is 0. The topological polar surface area (TPSA) is 20.2 Å². The molecule has 6 aromatic rings. The number of rotatable bonds is 4. The van der Waals surface area contributed by atoms with Gasteiger partial charge >= 0.3 is 0 Å². The Kier molecular flexibility index (Phi) is 6.02. The predicted octanol–water partition coefficient (Wildman–Crippen LogP) is 9.85. The highest BCUT2D eigenvalue weighted by Crippen LogP contribution is 2.35. The van der Waals surface area contributed by atoms with Crippen molar-refractivity contribution in [3.63, 3.8) is 0 Å². The molecule has 0 saturated carbocycles. The first-order valence-corrected chi connectivity index (χ1v) is 13.6. The number of nitrogens with zero attached hydrogens (tertiary/aromatic N) is 2. The average Bonchev–Trinajstić information content (AvgIpc) is 3.36. The summed E-state index contributed by atoms with van der Waals surface area (Å²) in [5.41, 5.74) is 10.1. The fourth-order valence-corrected chi connectivity index (χ4v) is 5.63. The van der Waals surface area contributed by atoms with Gasteiger partial charge in [0, 0.05) is 44.9 Å². The monoisotopic (exact) mass is 515 g/mol. The number of hydrogen-bond acceptors (Lipinski definition) is 2. The van der Waals surface area contributed by atoms with Crippen LogP contribution in [0.25, 0.3) is 27.5 Å². The molecule has 1 aromatic heterocycles. The minimum absolute atomic E-state index is 0.883. The van der Waals surface area contributed by atoms with Gasteiger partial charge < -0.3 is 14.8 Å². The fourth-order valence-electron chi connectivity index (χ4n) is 5.63. The molecule has 0 amide bonds. The molecule has 1 N–H and O–H groups in total. The molecule has 5 aromatic carbocycles. The van der Waals surface area contributed by atoms with E-state index in [4.69, 9.17) is 0 Å². The van der Waals surface area contributed by atoms with Gasteiger partial charge in [0.05, 0.1) is 11.0 Å². The van der Waals surface area contributed by atoms with Crippen molar-refractivity contribution in [1.82, 2.24) is 4.57 Å². The lowest BCUT2D eigenvalue weighted by Gasteiger charge is -2.27. The van der Waals surface area contributed by atoms with E-state index in [0.29, 0.717) is 0 Å². The van der Waals surface area contributed by atoms with Crippen molar-refractivity contribution in [1.29, 1.82) is 0 Å². The molecular weight excluding hydrogens is 486 g/mol. The lowest BCUT2D eigenvalue weighted by molar-refractivity contribution is 1.16. The van der Waals surface area contributed by atoms with Gasteiger partial charge in [-0.2, -0.15) is 0 Å². The highest BCUT2D eigenvalue weighted by molar-refractivity contribution is 6.09. The van der Waals surface area contributed by atoms with E-state index >= 15 is 0 Å². The Balaban J connectivity index is 1.16. The summed E-state index contributed by atoms with van der Waals surface area (Å²) in [4.78, 5) is 2.23. The summed E-state index contributed by atoms with van der Waals surface area (Å²) < 4.78 is 2.34. The third-order valence-electron chi connectivity index (χ3n) is 7.51. The molecule has 0 fully saturated rings. The predicted molar refractivity (Wildman–Crippen MR) is 170 cm³/mol. The summed E-state index contributed by atoms with van der Waals surface area (Å²) in [6.45, 7) is 4.36. The number of benzene rings is 5. The molecule has 0 bridgehead atoms. The zero-order chi connectivity index (χ0) is 26.9. The zero-order valence-corrected chi connectivity index (χ0v) is 22.2. The van der Waals surface area contributed by atoms with Gasteiger partial charge in [0.15, 0.2) is 0 Å². The van der Waals surface area contributed by atoms with E-state index in [9.17, 15) is 0 Å². The molecule has 2 heterocycles. The van der Waals surface area contributed by atoms with Crippen molar-refractivity contribution in [2.75, 3.05) is 10.2 Å². The number of allylic oxidation sites excluding steroid dienone is 4. The van der Waals surface area contributed by atoms with E-state index in [0.717, 1.165) is 40.6 Å². The first-order chi connectivity index (χ1) is 19.8. The van der Waals surface area contributed by atoms with Gasteiger partial charge in [-0.1, -0.05) is 79.4 Å². The molecule has 7 rings (SSSR count). The molecular formula is C37H29N3. The summed E-state index contributed by atoms with van der Waals surface area (Å²) in [6.07, 6.45) is 9.27. The van der Waals surface area contributed by atoms with E-state index in [2.05, 4.69) is 167 Å². The van der Waals surface area contributed by atoms with E-state index in [1.807, 2.05) is 0 Å². The maximum Gasteiger partial charge on any atom is 0.0541 e. The SMILES string of the molecule is C=C1/C=C\C=C/Cc2ccccc2N1c1ccc(Nc2ccc(-n3c4ccccc4c4ccccc43)cc2)cc1. The molecule has 0 aliphatic carbocycles. The van der Waals surface area contributed by atoms with Crippen molar-refractivity contribution in [2.45, 2.75) is 6.42 Å². The summed E-state index contributed by atoms with van der Waals surface area (Å²) in [7, 11) is 0. The second kappa shape index (κ2) is 10.1. The smallest absolute Gasteiger partial charge is 0.0541 e. The summed E-state index contributed by atoms with van der Waals surface area (Å²) in [5, 5.41) is 6.11. The molecule has 0 radical (unpaired) electrons. The Hall–Kier alpha value is -5.28. The van der Waals surface area contributed by atoms with Crippen LogP contribution in [0, 0.1) is 0 Å². The van der Waals surface area contributed by atoms with Gasteiger partial charge in [0.25, 0.3) is 0 Å². The Labute approximate surface area is 234 Å². The van der Waals surface area contributed by atoms with Gasteiger partial charge in [0.1, 0.15) is 0 Å². The molecule has 0 atom stereocenters. The Morgan fingerprint density at radius 1 is 0.575 bits per heavy atom. The van der Waals surface area contributed by atoms with E-state index in [-0.39, 0.29) is 0 Å². The summed E-state index contributed by atoms with van der Waals surface area (Å²) in [6, 6.07) is 42.9. The van der Waals surface area contributed by atoms with Crippen LogP contribution in [-0.2, 0) is 6.42 Å². The highest BCUT2D eigenvalue weighted by Gasteiger charge is 2.16.